The van der Waals surface area contributed by atoms with Crippen molar-refractivity contribution in [3.63, 3.8) is 0 Å². The number of likely N-dealkylation sites (tertiary alicyclic amines) is 1. The average Bonchev–Trinajstić information content (AvgIpc) is 2.93. The first kappa shape index (κ1) is 25.8. The lowest BCUT2D eigenvalue weighted by Crippen LogP contribution is -2.48. The molecule has 0 bridgehead atoms. The van der Waals surface area contributed by atoms with Gasteiger partial charge < -0.3 is 19.3 Å². The van der Waals surface area contributed by atoms with E-state index in [1.54, 1.807) is 18.2 Å². The fourth-order valence-corrected chi connectivity index (χ4v) is 4.62. The van der Waals surface area contributed by atoms with Gasteiger partial charge in [-0.05, 0) is 49.9 Å². The largest absolute Gasteiger partial charge is 0.490 e. The third-order valence-corrected chi connectivity index (χ3v) is 6.68. The molecule has 0 saturated carbocycles. The predicted octanol–water partition coefficient (Wildman–Crippen LogP) is 3.95. The van der Waals surface area contributed by atoms with Gasteiger partial charge in [-0.25, -0.2) is 0 Å². The van der Waals surface area contributed by atoms with E-state index in [1.807, 2.05) is 34.9 Å². The quantitative estimate of drug-likeness (QED) is 0.532. The molecule has 2 fully saturated rings. The van der Waals surface area contributed by atoms with E-state index in [-0.39, 0.29) is 18.4 Å². The number of amides is 2. The molecule has 192 valence electrons. The SMILES string of the molecule is CCOc1cc(C(=O)N2CCN(CC=Cc3ccccc3)CC2)ccc1OCC(=O)N1CCCCC1. The molecule has 2 aliphatic heterocycles. The Bertz CT molecular complexity index is 1030. The minimum absolute atomic E-state index is 0.00575. The standard InChI is InChI=1S/C29H37N3O4/c1-2-35-27-22-25(13-14-26(27)36-23-28(33)31-16-7-4-8-17-31)29(34)32-20-18-30(19-21-32)15-9-12-24-10-5-3-6-11-24/h3,5-6,9-14,22H,2,4,7-8,15-21,23H2,1H3. The number of carbonyl (C=O) groups is 2. The molecule has 0 radical (unpaired) electrons. The van der Waals surface area contributed by atoms with E-state index in [2.05, 4.69) is 29.2 Å². The summed E-state index contributed by atoms with van der Waals surface area (Å²) in [5.41, 5.74) is 1.77. The number of rotatable bonds is 9. The first-order chi connectivity index (χ1) is 17.6. The number of hydrogen-bond donors (Lipinski definition) is 0. The Morgan fingerprint density at radius 2 is 1.58 bits per heavy atom. The van der Waals surface area contributed by atoms with Crippen molar-refractivity contribution in [2.75, 3.05) is 59.0 Å². The minimum atomic E-state index is -0.0198. The third kappa shape index (κ3) is 7.10. The predicted molar refractivity (Wildman–Crippen MR) is 141 cm³/mol. The van der Waals surface area contributed by atoms with Gasteiger partial charge in [-0.3, -0.25) is 14.5 Å². The molecule has 2 aromatic rings. The van der Waals surface area contributed by atoms with Crippen LogP contribution in [0, 0.1) is 0 Å². The highest BCUT2D eigenvalue weighted by Crippen LogP contribution is 2.29. The zero-order chi connectivity index (χ0) is 25.2. The molecule has 36 heavy (non-hydrogen) atoms. The lowest BCUT2D eigenvalue weighted by atomic mass is 10.1. The van der Waals surface area contributed by atoms with E-state index in [0.717, 1.165) is 45.6 Å². The monoisotopic (exact) mass is 491 g/mol. The summed E-state index contributed by atoms with van der Waals surface area (Å²) < 4.78 is 11.6. The van der Waals surface area contributed by atoms with Crippen LogP contribution < -0.4 is 9.47 Å². The van der Waals surface area contributed by atoms with Crippen LogP contribution in [0.4, 0.5) is 0 Å². The van der Waals surface area contributed by atoms with Crippen LogP contribution in [0.15, 0.2) is 54.6 Å². The van der Waals surface area contributed by atoms with Gasteiger partial charge in [0, 0.05) is 51.4 Å². The molecule has 7 nitrogen and oxygen atoms in total. The van der Waals surface area contributed by atoms with Crippen LogP contribution in [0.1, 0.15) is 42.1 Å². The first-order valence-corrected chi connectivity index (χ1v) is 13.0. The second kappa shape index (κ2) is 13.1. The summed E-state index contributed by atoms with van der Waals surface area (Å²) in [6.45, 7) is 7.82. The van der Waals surface area contributed by atoms with E-state index in [9.17, 15) is 9.59 Å². The Hall–Kier alpha value is -3.32. The van der Waals surface area contributed by atoms with Gasteiger partial charge in [-0.2, -0.15) is 0 Å². The molecule has 4 rings (SSSR count). The molecule has 0 aromatic heterocycles. The van der Waals surface area contributed by atoms with Crippen molar-refractivity contribution < 1.29 is 19.1 Å². The summed E-state index contributed by atoms with van der Waals surface area (Å²) in [7, 11) is 0. The van der Waals surface area contributed by atoms with Crippen LogP contribution in [-0.4, -0.2) is 85.5 Å². The number of carbonyl (C=O) groups excluding carboxylic acids is 2. The van der Waals surface area contributed by atoms with Crippen molar-refractivity contribution in [2.45, 2.75) is 26.2 Å². The Morgan fingerprint density at radius 3 is 2.31 bits per heavy atom. The van der Waals surface area contributed by atoms with E-state index >= 15 is 0 Å². The average molecular weight is 492 g/mol. The zero-order valence-corrected chi connectivity index (χ0v) is 21.2. The van der Waals surface area contributed by atoms with Crippen LogP contribution in [-0.2, 0) is 4.79 Å². The van der Waals surface area contributed by atoms with Gasteiger partial charge in [0.2, 0.25) is 0 Å². The van der Waals surface area contributed by atoms with E-state index in [1.165, 1.54) is 12.0 Å². The molecule has 2 aliphatic rings. The van der Waals surface area contributed by atoms with E-state index < -0.39 is 0 Å². The highest BCUT2D eigenvalue weighted by Gasteiger charge is 2.23. The molecular weight excluding hydrogens is 454 g/mol. The van der Waals surface area contributed by atoms with Crippen molar-refractivity contribution in [1.29, 1.82) is 0 Å². The maximum Gasteiger partial charge on any atom is 0.260 e. The summed E-state index contributed by atoms with van der Waals surface area (Å²) in [6, 6.07) is 15.5. The fraction of sp³-hybridized carbons (Fsp3) is 0.448. The first-order valence-electron chi connectivity index (χ1n) is 13.0. The van der Waals surface area contributed by atoms with Gasteiger partial charge in [-0.15, -0.1) is 0 Å². The lowest BCUT2D eigenvalue weighted by molar-refractivity contribution is -0.134. The zero-order valence-electron chi connectivity index (χ0n) is 21.2. The topological polar surface area (TPSA) is 62.3 Å². The number of hydrogen-bond acceptors (Lipinski definition) is 5. The van der Waals surface area contributed by atoms with Crippen molar-refractivity contribution in [1.82, 2.24) is 14.7 Å². The molecule has 0 spiro atoms. The van der Waals surface area contributed by atoms with Gasteiger partial charge in [0.15, 0.2) is 18.1 Å². The molecule has 2 amide bonds. The maximum atomic E-state index is 13.2. The highest BCUT2D eigenvalue weighted by atomic mass is 16.5. The number of piperidine rings is 1. The summed E-state index contributed by atoms with van der Waals surface area (Å²) in [4.78, 5) is 31.8. The third-order valence-electron chi connectivity index (χ3n) is 6.68. The molecule has 0 aliphatic carbocycles. The fourth-order valence-electron chi connectivity index (χ4n) is 4.62. The van der Waals surface area contributed by atoms with Crippen molar-refractivity contribution in [3.8, 4) is 11.5 Å². The molecule has 2 saturated heterocycles. The van der Waals surface area contributed by atoms with Crippen LogP contribution in [0.25, 0.3) is 6.08 Å². The van der Waals surface area contributed by atoms with Crippen LogP contribution in [0.3, 0.4) is 0 Å². The molecular formula is C29H37N3O4. The van der Waals surface area contributed by atoms with Gasteiger partial charge in [0.25, 0.3) is 11.8 Å². The number of nitrogens with zero attached hydrogens (tertiary/aromatic N) is 3. The van der Waals surface area contributed by atoms with Crippen molar-refractivity contribution >= 4 is 17.9 Å². The van der Waals surface area contributed by atoms with Gasteiger partial charge in [0.1, 0.15) is 0 Å². The molecule has 7 heteroatoms. The second-order valence-corrected chi connectivity index (χ2v) is 9.23. The minimum Gasteiger partial charge on any atom is -0.490 e. The molecule has 0 atom stereocenters. The Morgan fingerprint density at radius 1 is 0.833 bits per heavy atom. The highest BCUT2D eigenvalue weighted by molar-refractivity contribution is 5.95. The number of benzene rings is 2. The van der Waals surface area contributed by atoms with Crippen molar-refractivity contribution in [3.05, 3.63) is 65.7 Å². The molecule has 0 N–H and O–H groups in total. The van der Waals surface area contributed by atoms with Crippen LogP contribution >= 0.6 is 0 Å². The molecule has 0 unspecified atom stereocenters. The van der Waals surface area contributed by atoms with Crippen molar-refractivity contribution in [2.24, 2.45) is 0 Å². The lowest BCUT2D eigenvalue weighted by Gasteiger charge is -2.34. The smallest absolute Gasteiger partial charge is 0.260 e. The van der Waals surface area contributed by atoms with E-state index in [0.29, 0.717) is 36.8 Å². The second-order valence-electron chi connectivity index (χ2n) is 9.23. The summed E-state index contributed by atoms with van der Waals surface area (Å²) >= 11 is 0. The number of piperazine rings is 1. The van der Waals surface area contributed by atoms with Gasteiger partial charge in [0.05, 0.1) is 6.61 Å². The molecule has 2 aromatic carbocycles. The van der Waals surface area contributed by atoms with Gasteiger partial charge >= 0.3 is 0 Å². The Kier molecular flexibility index (Phi) is 9.39. The summed E-state index contributed by atoms with van der Waals surface area (Å²) in [5, 5.41) is 0. The Balaban J connectivity index is 1.29. The maximum absolute atomic E-state index is 13.2. The summed E-state index contributed by atoms with van der Waals surface area (Å²) in [6.07, 6.45) is 7.58. The number of ether oxygens (including phenoxy) is 2. The van der Waals surface area contributed by atoms with E-state index in [4.69, 9.17) is 9.47 Å². The summed E-state index contributed by atoms with van der Waals surface area (Å²) in [5.74, 6) is 0.980. The van der Waals surface area contributed by atoms with Crippen LogP contribution in [0.2, 0.25) is 0 Å². The normalized spacial score (nSPS) is 16.8. The molecule has 2 heterocycles. The van der Waals surface area contributed by atoms with Crippen LogP contribution in [0.5, 0.6) is 11.5 Å². The van der Waals surface area contributed by atoms with Gasteiger partial charge in [-0.1, -0.05) is 42.5 Å². The Labute approximate surface area is 214 Å².